The first-order chi connectivity index (χ1) is 8.52. The van der Waals surface area contributed by atoms with Gasteiger partial charge < -0.3 is 14.4 Å². The molecule has 0 atom stereocenters. The summed E-state index contributed by atoms with van der Waals surface area (Å²) in [4.78, 5) is 13.7. The normalized spacial score (nSPS) is 11.3. The molecule has 1 aromatic heterocycles. The van der Waals surface area contributed by atoms with E-state index in [4.69, 9.17) is 4.42 Å². The minimum Gasteiger partial charge on any atom is -0.508 e. The predicted molar refractivity (Wildman–Crippen MR) is 70.9 cm³/mol. The van der Waals surface area contributed by atoms with Crippen LogP contribution < -0.4 is 5.63 Å². The zero-order valence-electron chi connectivity index (χ0n) is 10.9. The third-order valence-corrected chi connectivity index (χ3v) is 3.20. The molecule has 4 nitrogen and oxygen atoms in total. The van der Waals surface area contributed by atoms with Crippen LogP contribution in [0.15, 0.2) is 27.4 Å². The summed E-state index contributed by atoms with van der Waals surface area (Å²) < 4.78 is 5.20. The monoisotopic (exact) mass is 247 g/mol. The van der Waals surface area contributed by atoms with Gasteiger partial charge in [-0.3, -0.25) is 0 Å². The summed E-state index contributed by atoms with van der Waals surface area (Å²) in [7, 11) is 1.99. The van der Waals surface area contributed by atoms with E-state index in [2.05, 4.69) is 11.8 Å². The Morgan fingerprint density at radius 2 is 2.11 bits per heavy atom. The van der Waals surface area contributed by atoms with Gasteiger partial charge in [-0.2, -0.15) is 0 Å². The summed E-state index contributed by atoms with van der Waals surface area (Å²) in [5.74, 6) is 0.145. The second-order valence-corrected chi connectivity index (χ2v) is 4.51. The molecule has 0 unspecified atom stereocenters. The standard InChI is InChI=1S/C14H17NO3/c1-4-15(3)8-10-7-13(17)18-14-9(2)12(16)6-5-11(10)14/h5-7,16H,4,8H2,1-3H3. The lowest BCUT2D eigenvalue weighted by Crippen LogP contribution is -2.18. The lowest BCUT2D eigenvalue weighted by atomic mass is 10.1. The van der Waals surface area contributed by atoms with Crippen molar-refractivity contribution in [3.63, 3.8) is 0 Å². The van der Waals surface area contributed by atoms with E-state index in [9.17, 15) is 9.90 Å². The van der Waals surface area contributed by atoms with E-state index in [1.165, 1.54) is 6.07 Å². The number of phenolic OH excluding ortho intramolecular Hbond substituents is 1. The summed E-state index contributed by atoms with van der Waals surface area (Å²) in [6, 6.07) is 4.94. The Bertz CT molecular complexity index is 631. The zero-order chi connectivity index (χ0) is 13.3. The molecule has 1 heterocycles. The van der Waals surface area contributed by atoms with Crippen LogP contribution in [0.1, 0.15) is 18.1 Å². The maximum absolute atomic E-state index is 11.6. The average Bonchev–Trinajstić information content (AvgIpc) is 2.34. The molecule has 0 bridgehead atoms. The van der Waals surface area contributed by atoms with Gasteiger partial charge in [-0.15, -0.1) is 0 Å². The van der Waals surface area contributed by atoms with Gasteiger partial charge in [0.05, 0.1) is 0 Å². The molecule has 4 heteroatoms. The van der Waals surface area contributed by atoms with Gasteiger partial charge >= 0.3 is 5.63 Å². The van der Waals surface area contributed by atoms with Gasteiger partial charge in [-0.1, -0.05) is 6.92 Å². The highest BCUT2D eigenvalue weighted by Gasteiger charge is 2.11. The summed E-state index contributed by atoms with van der Waals surface area (Å²) in [5, 5.41) is 10.5. The van der Waals surface area contributed by atoms with Crippen molar-refractivity contribution in [1.29, 1.82) is 0 Å². The highest BCUT2D eigenvalue weighted by Crippen LogP contribution is 2.27. The van der Waals surface area contributed by atoms with E-state index in [0.29, 0.717) is 17.7 Å². The second kappa shape index (κ2) is 4.82. The van der Waals surface area contributed by atoms with Crippen LogP contribution in [0.5, 0.6) is 5.75 Å². The van der Waals surface area contributed by atoms with Crippen molar-refractivity contribution in [1.82, 2.24) is 4.90 Å². The highest BCUT2D eigenvalue weighted by molar-refractivity contribution is 5.84. The quantitative estimate of drug-likeness (QED) is 0.845. The molecule has 18 heavy (non-hydrogen) atoms. The molecule has 0 aliphatic rings. The predicted octanol–water partition coefficient (Wildman–Crippen LogP) is 2.26. The van der Waals surface area contributed by atoms with Gasteiger partial charge in [0.2, 0.25) is 0 Å². The van der Waals surface area contributed by atoms with Crippen LogP contribution in [0, 0.1) is 6.92 Å². The first-order valence-electron chi connectivity index (χ1n) is 5.96. The van der Waals surface area contributed by atoms with Crippen LogP contribution in [0.2, 0.25) is 0 Å². The number of nitrogens with zero attached hydrogens (tertiary/aromatic N) is 1. The average molecular weight is 247 g/mol. The minimum absolute atomic E-state index is 0.145. The number of aryl methyl sites for hydroxylation is 1. The molecule has 0 spiro atoms. The van der Waals surface area contributed by atoms with E-state index in [-0.39, 0.29) is 11.4 Å². The smallest absolute Gasteiger partial charge is 0.336 e. The molecule has 0 aliphatic heterocycles. The lowest BCUT2D eigenvalue weighted by molar-refractivity contribution is 0.346. The highest BCUT2D eigenvalue weighted by atomic mass is 16.4. The van der Waals surface area contributed by atoms with E-state index in [1.54, 1.807) is 19.1 Å². The van der Waals surface area contributed by atoms with Crippen molar-refractivity contribution < 1.29 is 9.52 Å². The molecule has 2 aromatic rings. The maximum Gasteiger partial charge on any atom is 0.336 e. The van der Waals surface area contributed by atoms with Crippen molar-refractivity contribution in [2.45, 2.75) is 20.4 Å². The van der Waals surface area contributed by atoms with Gasteiger partial charge in [-0.25, -0.2) is 4.79 Å². The van der Waals surface area contributed by atoms with Crippen molar-refractivity contribution in [3.05, 3.63) is 39.7 Å². The Labute approximate surface area is 105 Å². The van der Waals surface area contributed by atoms with Crippen molar-refractivity contribution in [2.24, 2.45) is 0 Å². The lowest BCUT2D eigenvalue weighted by Gasteiger charge is -2.15. The SMILES string of the molecule is CCN(C)Cc1cc(=O)oc2c(C)c(O)ccc12. The van der Waals surface area contributed by atoms with Crippen LogP contribution in [-0.4, -0.2) is 23.6 Å². The Hall–Kier alpha value is -1.81. The number of fused-ring (bicyclic) bond motifs is 1. The minimum atomic E-state index is -0.379. The van der Waals surface area contributed by atoms with E-state index in [0.717, 1.165) is 17.5 Å². The Morgan fingerprint density at radius 3 is 2.78 bits per heavy atom. The van der Waals surface area contributed by atoms with Crippen molar-refractivity contribution in [2.75, 3.05) is 13.6 Å². The third kappa shape index (κ3) is 2.24. The van der Waals surface area contributed by atoms with Gasteiger partial charge in [0.1, 0.15) is 11.3 Å². The van der Waals surface area contributed by atoms with E-state index >= 15 is 0 Å². The zero-order valence-corrected chi connectivity index (χ0v) is 10.9. The molecule has 0 saturated heterocycles. The molecule has 0 aliphatic carbocycles. The second-order valence-electron chi connectivity index (χ2n) is 4.51. The first kappa shape index (κ1) is 12.6. The van der Waals surface area contributed by atoms with Gasteiger partial charge in [0, 0.05) is 23.6 Å². The Kier molecular flexibility index (Phi) is 3.39. The van der Waals surface area contributed by atoms with Gasteiger partial charge in [0.15, 0.2) is 0 Å². The molecule has 0 saturated carbocycles. The van der Waals surface area contributed by atoms with Crippen molar-refractivity contribution >= 4 is 11.0 Å². The van der Waals surface area contributed by atoms with Gasteiger partial charge in [-0.05, 0) is 38.2 Å². The summed E-state index contributed by atoms with van der Waals surface area (Å²) in [5.41, 5.74) is 1.62. The van der Waals surface area contributed by atoms with Crippen LogP contribution >= 0.6 is 0 Å². The number of aromatic hydroxyl groups is 1. The summed E-state index contributed by atoms with van der Waals surface area (Å²) in [6.07, 6.45) is 0. The summed E-state index contributed by atoms with van der Waals surface area (Å²) >= 11 is 0. The molecular weight excluding hydrogens is 230 g/mol. The molecule has 0 radical (unpaired) electrons. The molecule has 1 N–H and O–H groups in total. The third-order valence-electron chi connectivity index (χ3n) is 3.20. The number of hydrogen-bond donors (Lipinski definition) is 1. The Balaban J connectivity index is 2.67. The van der Waals surface area contributed by atoms with E-state index < -0.39 is 0 Å². The number of phenols is 1. The fourth-order valence-electron chi connectivity index (χ4n) is 1.95. The van der Waals surface area contributed by atoms with Crippen LogP contribution in [0.25, 0.3) is 11.0 Å². The molecule has 0 fully saturated rings. The fourth-order valence-corrected chi connectivity index (χ4v) is 1.95. The van der Waals surface area contributed by atoms with Gasteiger partial charge in [0.25, 0.3) is 0 Å². The largest absolute Gasteiger partial charge is 0.508 e. The first-order valence-corrected chi connectivity index (χ1v) is 5.96. The molecule has 1 aromatic carbocycles. The topological polar surface area (TPSA) is 53.7 Å². The molecule has 2 rings (SSSR count). The molecule has 96 valence electrons. The fraction of sp³-hybridized carbons (Fsp3) is 0.357. The number of rotatable bonds is 3. The van der Waals surface area contributed by atoms with E-state index in [1.807, 2.05) is 7.05 Å². The Morgan fingerprint density at radius 1 is 1.39 bits per heavy atom. The van der Waals surface area contributed by atoms with Crippen LogP contribution in [-0.2, 0) is 6.54 Å². The number of benzene rings is 1. The van der Waals surface area contributed by atoms with Crippen LogP contribution in [0.3, 0.4) is 0 Å². The summed E-state index contributed by atoms with van der Waals surface area (Å²) in [6.45, 7) is 5.39. The number of hydrogen-bond acceptors (Lipinski definition) is 4. The molecular formula is C14H17NO3. The van der Waals surface area contributed by atoms with Crippen molar-refractivity contribution in [3.8, 4) is 5.75 Å². The van der Waals surface area contributed by atoms with Crippen LogP contribution in [0.4, 0.5) is 0 Å². The molecule has 0 amide bonds. The maximum atomic E-state index is 11.6.